The van der Waals surface area contributed by atoms with Crippen LogP contribution >= 0.6 is 0 Å². The summed E-state index contributed by atoms with van der Waals surface area (Å²) in [6.45, 7) is 0.677. The fourth-order valence-electron chi connectivity index (χ4n) is 4.42. The molecule has 1 aliphatic heterocycles. The van der Waals surface area contributed by atoms with E-state index in [0.717, 1.165) is 17.2 Å². The first kappa shape index (κ1) is 26.8. The number of carbonyl (C=O) groups is 1. The van der Waals surface area contributed by atoms with Gasteiger partial charge in [0.25, 0.3) is 0 Å². The van der Waals surface area contributed by atoms with Crippen molar-refractivity contribution in [1.29, 1.82) is 0 Å². The van der Waals surface area contributed by atoms with Crippen LogP contribution in [0.2, 0.25) is 0 Å². The lowest BCUT2D eigenvalue weighted by molar-refractivity contribution is -0.132. The summed E-state index contributed by atoms with van der Waals surface area (Å²) in [5.74, 6) is -3.63. The summed E-state index contributed by atoms with van der Waals surface area (Å²) >= 11 is 0. The Morgan fingerprint density at radius 2 is 1.51 bits per heavy atom. The summed E-state index contributed by atoms with van der Waals surface area (Å²) < 4.78 is 68.8. The predicted molar refractivity (Wildman–Crippen MR) is 134 cm³/mol. The predicted octanol–water partition coefficient (Wildman–Crippen LogP) is 4.00. The molecule has 1 fully saturated rings. The van der Waals surface area contributed by atoms with Gasteiger partial charge < -0.3 is 10.6 Å². The Kier molecular flexibility index (Phi) is 8.31. The van der Waals surface area contributed by atoms with E-state index in [4.69, 9.17) is 5.73 Å². The number of sulfonamides is 1. The molecular formula is C27H28F3N3O3S. The van der Waals surface area contributed by atoms with Gasteiger partial charge in [-0.1, -0.05) is 42.5 Å². The van der Waals surface area contributed by atoms with Crippen LogP contribution in [0.25, 0.3) is 11.1 Å². The zero-order valence-corrected chi connectivity index (χ0v) is 20.9. The lowest BCUT2D eigenvalue weighted by Crippen LogP contribution is -2.47. The lowest BCUT2D eigenvalue weighted by Gasteiger charge is -2.33. The monoisotopic (exact) mass is 531 g/mol. The van der Waals surface area contributed by atoms with Crippen LogP contribution in [0, 0.1) is 17.5 Å². The third kappa shape index (κ3) is 6.76. The number of likely N-dealkylation sites (tertiary alicyclic amines) is 1. The summed E-state index contributed by atoms with van der Waals surface area (Å²) in [6.07, 6.45) is 0.650. The molecule has 1 atom stereocenters. The number of carbonyl (C=O) groups excluding carboxylic acids is 1. The van der Waals surface area contributed by atoms with E-state index in [-0.39, 0.29) is 35.2 Å². The van der Waals surface area contributed by atoms with Crippen LogP contribution in [0.3, 0.4) is 0 Å². The number of nitrogens with zero attached hydrogens (tertiary/aromatic N) is 1. The molecule has 0 aliphatic carbocycles. The molecule has 196 valence electrons. The molecule has 6 nitrogen and oxygen atoms in total. The van der Waals surface area contributed by atoms with Crippen molar-refractivity contribution < 1.29 is 26.4 Å². The highest BCUT2D eigenvalue weighted by Gasteiger charge is 2.27. The van der Waals surface area contributed by atoms with Crippen molar-refractivity contribution >= 4 is 15.9 Å². The van der Waals surface area contributed by atoms with Crippen LogP contribution < -0.4 is 10.5 Å². The molecule has 0 spiro atoms. The fraction of sp³-hybridized carbons (Fsp3) is 0.296. The molecule has 1 amide bonds. The molecule has 37 heavy (non-hydrogen) atoms. The number of halogens is 3. The zero-order chi connectivity index (χ0) is 26.6. The largest absolute Gasteiger partial charge is 0.343 e. The van der Waals surface area contributed by atoms with Gasteiger partial charge in [-0.15, -0.1) is 0 Å². The third-order valence-electron chi connectivity index (χ3n) is 6.45. The number of piperidine rings is 1. The van der Waals surface area contributed by atoms with Gasteiger partial charge in [0.1, 0.15) is 5.82 Å². The summed E-state index contributed by atoms with van der Waals surface area (Å²) in [7, 11) is -3.73. The average molecular weight is 532 g/mol. The van der Waals surface area contributed by atoms with Gasteiger partial charge in [-0.3, -0.25) is 4.79 Å². The first-order chi connectivity index (χ1) is 17.6. The first-order valence-corrected chi connectivity index (χ1v) is 13.5. The molecule has 1 saturated heterocycles. The van der Waals surface area contributed by atoms with Crippen LogP contribution in [0.1, 0.15) is 24.8 Å². The van der Waals surface area contributed by atoms with Crippen LogP contribution in [0.15, 0.2) is 71.6 Å². The smallest absolute Gasteiger partial charge is 0.240 e. The molecule has 0 radical (unpaired) electrons. The van der Waals surface area contributed by atoms with Gasteiger partial charge in [-0.2, -0.15) is 0 Å². The van der Waals surface area contributed by atoms with Gasteiger partial charge in [0, 0.05) is 37.7 Å². The summed E-state index contributed by atoms with van der Waals surface area (Å²) in [5.41, 5.74) is 7.78. The normalized spacial score (nSPS) is 15.5. The van der Waals surface area contributed by atoms with Crippen LogP contribution in [-0.4, -0.2) is 44.4 Å². The SMILES string of the molecule is N[C@@H](CC(=O)N1CCC(NS(=O)(=O)c2ccc(-c3ccccc3)cc2)CC1)Cc1cc(F)c(F)cc1F. The van der Waals surface area contributed by atoms with Crippen molar-refractivity contribution in [1.82, 2.24) is 9.62 Å². The molecule has 3 aromatic rings. The molecule has 3 N–H and O–H groups in total. The Hall–Kier alpha value is -3.21. The van der Waals surface area contributed by atoms with Gasteiger partial charge in [0.15, 0.2) is 11.6 Å². The third-order valence-corrected chi connectivity index (χ3v) is 7.99. The molecule has 10 heteroatoms. The fourth-order valence-corrected chi connectivity index (χ4v) is 5.72. The topological polar surface area (TPSA) is 92.5 Å². The van der Waals surface area contributed by atoms with E-state index in [2.05, 4.69) is 4.72 Å². The summed E-state index contributed by atoms with van der Waals surface area (Å²) in [5, 5.41) is 0. The molecule has 0 aromatic heterocycles. The van der Waals surface area contributed by atoms with Crippen LogP contribution in [-0.2, 0) is 21.2 Å². The highest BCUT2D eigenvalue weighted by atomic mass is 32.2. The van der Waals surface area contributed by atoms with E-state index in [0.29, 0.717) is 32.0 Å². The number of benzene rings is 3. The Labute approximate surface area is 214 Å². The Bertz CT molecular complexity index is 1340. The van der Waals surface area contributed by atoms with E-state index < -0.39 is 33.5 Å². The Morgan fingerprint density at radius 1 is 0.919 bits per heavy atom. The molecule has 4 rings (SSSR count). The van der Waals surface area contributed by atoms with Crippen molar-refractivity contribution in [2.24, 2.45) is 5.73 Å². The highest BCUT2D eigenvalue weighted by Crippen LogP contribution is 2.22. The van der Waals surface area contributed by atoms with Crippen molar-refractivity contribution in [3.05, 3.63) is 89.7 Å². The van der Waals surface area contributed by atoms with E-state index in [1.807, 2.05) is 30.3 Å². The van der Waals surface area contributed by atoms with Gasteiger partial charge in [0.2, 0.25) is 15.9 Å². The minimum Gasteiger partial charge on any atom is -0.343 e. The second kappa shape index (κ2) is 11.5. The maximum atomic E-state index is 13.9. The molecule has 0 bridgehead atoms. The second-order valence-electron chi connectivity index (χ2n) is 9.19. The standard InChI is InChI=1S/C27H28F3N3O3S/c28-24-17-26(30)25(29)15-20(24)14-21(31)16-27(34)33-12-10-22(11-13-33)32-37(35,36)23-8-6-19(7-9-23)18-4-2-1-3-5-18/h1-9,15,17,21-22,32H,10-14,16,31H2/t21-/m1/s1. The Balaban J connectivity index is 1.27. The molecule has 1 aliphatic rings. The number of amides is 1. The Morgan fingerprint density at radius 3 is 2.16 bits per heavy atom. The van der Waals surface area contributed by atoms with Gasteiger partial charge >= 0.3 is 0 Å². The van der Waals surface area contributed by atoms with Gasteiger partial charge in [0.05, 0.1) is 4.90 Å². The van der Waals surface area contributed by atoms with Gasteiger partial charge in [-0.05, 0) is 54.2 Å². The van der Waals surface area contributed by atoms with Crippen LogP contribution in [0.5, 0.6) is 0 Å². The number of rotatable bonds is 8. The minimum absolute atomic E-state index is 0.0934. The first-order valence-electron chi connectivity index (χ1n) is 12.0. The van der Waals surface area contributed by atoms with Crippen LogP contribution in [0.4, 0.5) is 13.2 Å². The number of hydrogen-bond acceptors (Lipinski definition) is 4. The lowest BCUT2D eigenvalue weighted by atomic mass is 10.0. The zero-order valence-electron chi connectivity index (χ0n) is 20.0. The van der Waals surface area contributed by atoms with E-state index >= 15 is 0 Å². The van der Waals surface area contributed by atoms with Gasteiger partial charge in [-0.25, -0.2) is 26.3 Å². The molecule has 1 heterocycles. The quantitative estimate of drug-likeness (QED) is 0.430. The van der Waals surface area contributed by atoms with E-state index in [1.165, 1.54) is 0 Å². The molecule has 0 saturated carbocycles. The maximum Gasteiger partial charge on any atom is 0.240 e. The van der Waals surface area contributed by atoms with E-state index in [1.54, 1.807) is 29.2 Å². The maximum absolute atomic E-state index is 13.9. The molecule has 3 aromatic carbocycles. The summed E-state index contributed by atoms with van der Waals surface area (Å²) in [6, 6.07) is 16.4. The number of nitrogens with one attached hydrogen (secondary N) is 1. The molecule has 0 unspecified atom stereocenters. The van der Waals surface area contributed by atoms with Crippen molar-refractivity contribution in [3.63, 3.8) is 0 Å². The van der Waals surface area contributed by atoms with E-state index in [9.17, 15) is 26.4 Å². The van der Waals surface area contributed by atoms with Crippen molar-refractivity contribution in [2.45, 2.75) is 42.7 Å². The highest BCUT2D eigenvalue weighted by molar-refractivity contribution is 7.89. The minimum atomic E-state index is -3.73. The molecular weight excluding hydrogens is 503 g/mol. The van der Waals surface area contributed by atoms with Crippen molar-refractivity contribution in [2.75, 3.05) is 13.1 Å². The number of nitrogens with two attached hydrogens (primary N) is 1. The average Bonchev–Trinajstić information content (AvgIpc) is 2.88. The number of hydrogen-bond donors (Lipinski definition) is 2. The van der Waals surface area contributed by atoms with Crippen molar-refractivity contribution in [3.8, 4) is 11.1 Å². The summed E-state index contributed by atoms with van der Waals surface area (Å²) in [4.78, 5) is 14.4. The second-order valence-corrected chi connectivity index (χ2v) is 10.9.